The highest BCUT2D eigenvalue weighted by Gasteiger charge is 2.21. The molecule has 0 N–H and O–H groups in total. The van der Waals surface area contributed by atoms with Gasteiger partial charge in [-0.05, 0) is 17.9 Å². The van der Waals surface area contributed by atoms with E-state index in [0.717, 1.165) is 6.42 Å². The highest BCUT2D eigenvalue weighted by molar-refractivity contribution is 5.71. The lowest BCUT2D eigenvalue weighted by atomic mass is 9.92. The zero-order valence-electron chi connectivity index (χ0n) is 7.40. The molecule has 1 saturated heterocycles. The molecule has 0 saturated carbocycles. The van der Waals surface area contributed by atoms with Crippen molar-refractivity contribution in [1.29, 1.82) is 0 Å². The van der Waals surface area contributed by atoms with Crippen molar-refractivity contribution in [3.05, 3.63) is 35.9 Å². The summed E-state index contributed by atoms with van der Waals surface area (Å²) in [6.07, 6.45) is 1.49. The average Bonchev–Trinajstić information content (AvgIpc) is 2.19. The highest BCUT2D eigenvalue weighted by atomic mass is 16.5. The van der Waals surface area contributed by atoms with Crippen LogP contribution in [-0.4, -0.2) is 12.6 Å². The molecule has 68 valence electrons. The number of cyclic esters (lactones) is 1. The Morgan fingerprint density at radius 1 is 1.23 bits per heavy atom. The Bertz CT molecular complexity index is 292. The smallest absolute Gasteiger partial charge is 0.306 e. The Morgan fingerprint density at radius 2 is 2.00 bits per heavy atom. The first-order chi connectivity index (χ1) is 6.36. The molecule has 2 rings (SSSR count). The zero-order valence-corrected chi connectivity index (χ0v) is 7.40. The Morgan fingerprint density at radius 3 is 2.69 bits per heavy atom. The van der Waals surface area contributed by atoms with E-state index in [0.29, 0.717) is 18.9 Å². The molecule has 13 heavy (non-hydrogen) atoms. The first kappa shape index (κ1) is 8.30. The van der Waals surface area contributed by atoms with Crippen molar-refractivity contribution in [2.75, 3.05) is 6.61 Å². The first-order valence-corrected chi connectivity index (χ1v) is 4.57. The summed E-state index contributed by atoms with van der Waals surface area (Å²) >= 11 is 0. The van der Waals surface area contributed by atoms with E-state index in [1.165, 1.54) is 5.56 Å². The quantitative estimate of drug-likeness (QED) is 0.612. The summed E-state index contributed by atoms with van der Waals surface area (Å²) in [5.41, 5.74) is 1.25. The van der Waals surface area contributed by atoms with E-state index in [9.17, 15) is 4.79 Å². The Kier molecular flexibility index (Phi) is 2.30. The second kappa shape index (κ2) is 3.60. The highest BCUT2D eigenvalue weighted by Crippen LogP contribution is 2.26. The first-order valence-electron chi connectivity index (χ1n) is 4.57. The molecule has 2 heteroatoms. The summed E-state index contributed by atoms with van der Waals surface area (Å²) in [5.74, 6) is 0.294. The third-order valence-corrected chi connectivity index (χ3v) is 2.41. The van der Waals surface area contributed by atoms with Crippen LogP contribution in [0.4, 0.5) is 0 Å². The van der Waals surface area contributed by atoms with Crippen LogP contribution in [0.3, 0.4) is 0 Å². The lowest BCUT2D eigenvalue weighted by Crippen LogP contribution is -2.19. The van der Waals surface area contributed by atoms with Gasteiger partial charge in [-0.1, -0.05) is 30.3 Å². The fraction of sp³-hybridized carbons (Fsp3) is 0.364. The number of rotatable bonds is 1. The van der Waals surface area contributed by atoms with Gasteiger partial charge in [-0.15, -0.1) is 0 Å². The fourth-order valence-electron chi connectivity index (χ4n) is 1.69. The predicted octanol–water partition coefficient (Wildman–Crippen LogP) is 2.11. The number of hydrogen-bond donors (Lipinski definition) is 0. The summed E-state index contributed by atoms with van der Waals surface area (Å²) < 4.78 is 4.89. The van der Waals surface area contributed by atoms with Crippen molar-refractivity contribution in [2.45, 2.75) is 18.8 Å². The molecule has 2 nitrogen and oxygen atoms in total. The molecule has 0 unspecified atom stereocenters. The van der Waals surface area contributed by atoms with Crippen LogP contribution in [0.15, 0.2) is 30.3 Å². The SMILES string of the molecule is O=C1C[C@H](c2ccccc2)CCO1. The number of hydrogen-bond acceptors (Lipinski definition) is 2. The van der Waals surface area contributed by atoms with Gasteiger partial charge in [0.2, 0.25) is 0 Å². The molecule has 1 heterocycles. The lowest BCUT2D eigenvalue weighted by Gasteiger charge is -2.21. The summed E-state index contributed by atoms with van der Waals surface area (Å²) in [4.78, 5) is 11.0. The molecule has 0 aliphatic carbocycles. The van der Waals surface area contributed by atoms with Crippen molar-refractivity contribution in [1.82, 2.24) is 0 Å². The van der Waals surface area contributed by atoms with Crippen LogP contribution in [0.5, 0.6) is 0 Å². The second-order valence-corrected chi connectivity index (χ2v) is 3.32. The molecule has 0 amide bonds. The minimum atomic E-state index is -0.0693. The number of ether oxygens (including phenoxy) is 1. The number of carbonyl (C=O) groups excluding carboxylic acids is 1. The van der Waals surface area contributed by atoms with Crippen LogP contribution in [0.1, 0.15) is 24.3 Å². The summed E-state index contributed by atoms with van der Waals surface area (Å²) in [6, 6.07) is 10.2. The Balaban J connectivity index is 2.13. The van der Waals surface area contributed by atoms with Gasteiger partial charge >= 0.3 is 5.97 Å². The normalized spacial score (nSPS) is 22.5. The lowest BCUT2D eigenvalue weighted by molar-refractivity contribution is -0.147. The molecule has 0 aromatic heterocycles. The summed E-state index contributed by atoms with van der Waals surface area (Å²) in [6.45, 7) is 0.568. The van der Waals surface area contributed by atoms with E-state index in [2.05, 4.69) is 12.1 Å². The minimum Gasteiger partial charge on any atom is -0.466 e. The molecule has 0 bridgehead atoms. The van der Waals surface area contributed by atoms with Gasteiger partial charge in [-0.2, -0.15) is 0 Å². The monoisotopic (exact) mass is 176 g/mol. The zero-order chi connectivity index (χ0) is 9.10. The van der Waals surface area contributed by atoms with Gasteiger partial charge in [0.25, 0.3) is 0 Å². The largest absolute Gasteiger partial charge is 0.466 e. The molecular formula is C11H12O2. The maximum atomic E-state index is 11.0. The number of carbonyl (C=O) groups is 1. The molecule has 1 aliphatic heterocycles. The van der Waals surface area contributed by atoms with Crippen molar-refractivity contribution >= 4 is 5.97 Å². The molecule has 0 radical (unpaired) electrons. The van der Waals surface area contributed by atoms with Crippen LogP contribution < -0.4 is 0 Å². The Hall–Kier alpha value is -1.31. The fourth-order valence-corrected chi connectivity index (χ4v) is 1.69. The van der Waals surface area contributed by atoms with Crippen LogP contribution >= 0.6 is 0 Å². The van der Waals surface area contributed by atoms with Crippen molar-refractivity contribution in [3.8, 4) is 0 Å². The van der Waals surface area contributed by atoms with Gasteiger partial charge in [0, 0.05) is 0 Å². The van der Waals surface area contributed by atoms with Crippen molar-refractivity contribution < 1.29 is 9.53 Å². The van der Waals surface area contributed by atoms with Crippen molar-refractivity contribution in [2.24, 2.45) is 0 Å². The van der Waals surface area contributed by atoms with Gasteiger partial charge in [-0.25, -0.2) is 0 Å². The topological polar surface area (TPSA) is 26.3 Å². The van der Waals surface area contributed by atoms with Gasteiger partial charge < -0.3 is 4.74 Å². The third-order valence-electron chi connectivity index (χ3n) is 2.41. The summed E-state index contributed by atoms with van der Waals surface area (Å²) in [5, 5.41) is 0. The second-order valence-electron chi connectivity index (χ2n) is 3.32. The number of esters is 1. The summed E-state index contributed by atoms with van der Waals surface area (Å²) in [7, 11) is 0. The maximum absolute atomic E-state index is 11.0. The van der Waals surface area contributed by atoms with Gasteiger partial charge in [-0.3, -0.25) is 4.79 Å². The van der Waals surface area contributed by atoms with Crippen molar-refractivity contribution in [3.63, 3.8) is 0 Å². The van der Waals surface area contributed by atoms with Crippen LogP contribution in [0.25, 0.3) is 0 Å². The molecule has 1 fully saturated rings. The molecular weight excluding hydrogens is 164 g/mol. The molecule has 1 aromatic rings. The van der Waals surface area contributed by atoms with Gasteiger partial charge in [0.1, 0.15) is 0 Å². The van der Waals surface area contributed by atoms with Crippen LogP contribution in [0, 0.1) is 0 Å². The van der Waals surface area contributed by atoms with E-state index >= 15 is 0 Å². The molecule has 1 aromatic carbocycles. The van der Waals surface area contributed by atoms with E-state index < -0.39 is 0 Å². The maximum Gasteiger partial charge on any atom is 0.306 e. The van der Waals surface area contributed by atoms with E-state index in [1.54, 1.807) is 0 Å². The van der Waals surface area contributed by atoms with E-state index in [4.69, 9.17) is 4.74 Å². The van der Waals surface area contributed by atoms with Crippen LogP contribution in [0.2, 0.25) is 0 Å². The van der Waals surface area contributed by atoms with Crippen LogP contribution in [-0.2, 0) is 9.53 Å². The van der Waals surface area contributed by atoms with E-state index in [-0.39, 0.29) is 5.97 Å². The standard InChI is InChI=1S/C11H12O2/c12-11-8-10(6-7-13-11)9-4-2-1-3-5-9/h1-5,10H,6-8H2/t10-/m1/s1. The molecule has 1 aliphatic rings. The average molecular weight is 176 g/mol. The number of benzene rings is 1. The third kappa shape index (κ3) is 1.89. The minimum absolute atomic E-state index is 0.0693. The predicted molar refractivity (Wildman–Crippen MR) is 49.4 cm³/mol. The van der Waals surface area contributed by atoms with E-state index in [1.807, 2.05) is 18.2 Å². The molecule has 0 spiro atoms. The Labute approximate surface area is 77.5 Å². The van der Waals surface area contributed by atoms with Gasteiger partial charge in [0.05, 0.1) is 13.0 Å². The van der Waals surface area contributed by atoms with Gasteiger partial charge in [0.15, 0.2) is 0 Å². The molecule has 1 atom stereocenters.